The van der Waals surface area contributed by atoms with E-state index in [1.807, 2.05) is 66.8 Å². The Kier molecular flexibility index (Phi) is 43.8. The highest BCUT2D eigenvalue weighted by Gasteiger charge is 2.19. The summed E-state index contributed by atoms with van der Waals surface area (Å²) in [7, 11) is 0. The number of unbranched alkanes of at least 4 members (excludes halogenated alkanes) is 5. The molecule has 0 saturated heterocycles. The number of hydrogen-bond acceptors (Lipinski definition) is 6. The van der Waals surface area contributed by atoms with Gasteiger partial charge in [-0.15, -0.1) is 0 Å². The zero-order valence-electron chi connectivity index (χ0n) is 38.1. The lowest BCUT2D eigenvalue weighted by Crippen LogP contribution is -2.30. The third kappa shape index (κ3) is 46.0. The van der Waals surface area contributed by atoms with Crippen LogP contribution < -0.4 is 0 Å². The van der Waals surface area contributed by atoms with E-state index in [-0.39, 0.29) is 50.4 Å². The molecule has 0 amide bonds. The molecule has 0 heterocycles. The van der Waals surface area contributed by atoms with Crippen LogP contribution in [-0.2, 0) is 28.6 Å². The molecule has 0 aliphatic carbocycles. The standard InChI is InChI=1S/C55H80O6/c1-4-7-10-13-16-19-22-25-27-28-31-33-36-39-42-45-48-54(57)60-51-52(50-59-53(56)47-44-41-38-35-32-29-24-21-18-15-12-9-6-3)61-55(58)49-46-43-40-37-34-30-26-23-20-17-14-11-8-5-2/h7-12,15-21,24-27,29-33,35,38-39,42,52H,4-6,13-14,22-23,28,34,36-37,40-41,43-51H2,1-3H3/b10-7-,11-8-,12-9-,18-15-,19-16-,20-17-,24-21-,27-25-,30-26-,32-29-,33-31-,38-35-,42-39-. The minimum absolute atomic E-state index is 0.156. The van der Waals surface area contributed by atoms with E-state index in [9.17, 15) is 14.4 Å². The lowest BCUT2D eigenvalue weighted by molar-refractivity contribution is -0.166. The fraction of sp³-hybridized carbons (Fsp3) is 0.473. The molecule has 0 aromatic heterocycles. The van der Waals surface area contributed by atoms with Crippen LogP contribution in [0.1, 0.15) is 149 Å². The first-order chi connectivity index (χ1) is 30.0. The minimum Gasteiger partial charge on any atom is -0.462 e. The molecule has 0 saturated carbocycles. The maximum absolute atomic E-state index is 12.7. The molecule has 0 aromatic carbocycles. The van der Waals surface area contributed by atoms with Crippen LogP contribution in [0.15, 0.2) is 158 Å². The molecule has 0 N–H and O–H groups in total. The molecule has 0 aliphatic rings. The monoisotopic (exact) mass is 837 g/mol. The number of rotatable bonds is 38. The van der Waals surface area contributed by atoms with Gasteiger partial charge in [-0.2, -0.15) is 0 Å². The van der Waals surface area contributed by atoms with Gasteiger partial charge in [0.15, 0.2) is 6.10 Å². The number of hydrogen-bond donors (Lipinski definition) is 0. The molecule has 0 bridgehead atoms. The first-order valence-electron chi connectivity index (χ1n) is 23.1. The van der Waals surface area contributed by atoms with Gasteiger partial charge >= 0.3 is 17.9 Å². The van der Waals surface area contributed by atoms with Crippen LogP contribution in [0, 0.1) is 0 Å². The Morgan fingerprint density at radius 3 is 1.23 bits per heavy atom. The molecule has 1 atom stereocenters. The van der Waals surface area contributed by atoms with Crippen molar-refractivity contribution in [3.8, 4) is 0 Å². The van der Waals surface area contributed by atoms with Crippen molar-refractivity contribution in [2.75, 3.05) is 13.2 Å². The SMILES string of the molecule is CC\C=C/C=C\C=C/C=C\C=C/CCCC(=O)OCC(COC(=O)CC/C=C\C/C=C\C/C=C\C/C=C\C/C=C\CC)OC(=O)CCCCCC/C=C\C/C=C\C/C=C\CC. The van der Waals surface area contributed by atoms with Crippen molar-refractivity contribution in [2.45, 2.75) is 155 Å². The van der Waals surface area contributed by atoms with Crippen LogP contribution in [0.4, 0.5) is 0 Å². The largest absolute Gasteiger partial charge is 0.462 e. The minimum atomic E-state index is -0.855. The van der Waals surface area contributed by atoms with Gasteiger partial charge in [0.1, 0.15) is 13.2 Å². The fourth-order valence-corrected chi connectivity index (χ4v) is 5.30. The second kappa shape index (κ2) is 47.7. The normalized spacial score (nSPS) is 13.6. The van der Waals surface area contributed by atoms with E-state index in [0.29, 0.717) is 19.3 Å². The highest BCUT2D eigenvalue weighted by Crippen LogP contribution is 2.10. The second-order valence-electron chi connectivity index (χ2n) is 14.3. The van der Waals surface area contributed by atoms with Crippen LogP contribution in [0.3, 0.4) is 0 Å². The highest BCUT2D eigenvalue weighted by atomic mass is 16.6. The molecule has 6 heteroatoms. The van der Waals surface area contributed by atoms with Gasteiger partial charge in [0, 0.05) is 19.3 Å². The van der Waals surface area contributed by atoms with Crippen LogP contribution in [0.5, 0.6) is 0 Å². The highest BCUT2D eigenvalue weighted by molar-refractivity contribution is 5.71. The van der Waals surface area contributed by atoms with Crippen LogP contribution in [-0.4, -0.2) is 37.2 Å². The average molecular weight is 837 g/mol. The molecule has 0 rings (SSSR count). The Morgan fingerprint density at radius 2 is 0.721 bits per heavy atom. The molecule has 0 radical (unpaired) electrons. The lowest BCUT2D eigenvalue weighted by Gasteiger charge is -2.18. The first kappa shape index (κ1) is 56.0. The Balaban J connectivity index is 4.69. The van der Waals surface area contributed by atoms with Crippen molar-refractivity contribution in [1.29, 1.82) is 0 Å². The lowest BCUT2D eigenvalue weighted by atomic mass is 10.1. The molecule has 61 heavy (non-hydrogen) atoms. The van der Waals surface area contributed by atoms with E-state index < -0.39 is 6.10 Å². The summed E-state index contributed by atoms with van der Waals surface area (Å²) in [6.45, 7) is 6.07. The van der Waals surface area contributed by atoms with Crippen LogP contribution in [0.25, 0.3) is 0 Å². The smallest absolute Gasteiger partial charge is 0.306 e. The van der Waals surface area contributed by atoms with E-state index in [4.69, 9.17) is 14.2 Å². The van der Waals surface area contributed by atoms with E-state index in [0.717, 1.165) is 89.9 Å². The van der Waals surface area contributed by atoms with Crippen molar-refractivity contribution in [2.24, 2.45) is 0 Å². The zero-order valence-corrected chi connectivity index (χ0v) is 38.1. The van der Waals surface area contributed by atoms with Gasteiger partial charge in [0.05, 0.1) is 0 Å². The molecule has 0 aromatic rings. The summed E-state index contributed by atoms with van der Waals surface area (Å²) in [6, 6.07) is 0. The summed E-state index contributed by atoms with van der Waals surface area (Å²) in [5.74, 6) is -1.15. The Bertz CT molecular complexity index is 1470. The van der Waals surface area contributed by atoms with Crippen molar-refractivity contribution in [1.82, 2.24) is 0 Å². The Labute approximate surface area is 371 Å². The Hall–Kier alpha value is -4.97. The van der Waals surface area contributed by atoms with Gasteiger partial charge in [-0.1, -0.05) is 192 Å². The fourth-order valence-electron chi connectivity index (χ4n) is 5.30. The van der Waals surface area contributed by atoms with Crippen molar-refractivity contribution in [3.63, 3.8) is 0 Å². The third-order valence-corrected chi connectivity index (χ3v) is 8.65. The molecule has 1 unspecified atom stereocenters. The van der Waals surface area contributed by atoms with Crippen LogP contribution >= 0.6 is 0 Å². The molecule has 336 valence electrons. The first-order valence-corrected chi connectivity index (χ1v) is 23.1. The molecule has 0 fully saturated rings. The number of carbonyl (C=O) groups is 3. The van der Waals surface area contributed by atoms with E-state index in [1.54, 1.807) is 0 Å². The third-order valence-electron chi connectivity index (χ3n) is 8.65. The van der Waals surface area contributed by atoms with Gasteiger partial charge in [0.25, 0.3) is 0 Å². The summed E-state index contributed by atoms with van der Waals surface area (Å²) < 4.78 is 16.6. The van der Waals surface area contributed by atoms with Gasteiger partial charge in [-0.05, 0) is 96.3 Å². The maximum atomic E-state index is 12.7. The van der Waals surface area contributed by atoms with E-state index in [2.05, 4.69) is 112 Å². The molecule has 6 nitrogen and oxygen atoms in total. The van der Waals surface area contributed by atoms with Gasteiger partial charge in [0.2, 0.25) is 0 Å². The molecular weight excluding hydrogens is 757 g/mol. The topological polar surface area (TPSA) is 78.9 Å². The number of ether oxygens (including phenoxy) is 3. The second-order valence-corrected chi connectivity index (χ2v) is 14.3. The van der Waals surface area contributed by atoms with Gasteiger partial charge < -0.3 is 14.2 Å². The van der Waals surface area contributed by atoms with Gasteiger partial charge in [-0.25, -0.2) is 0 Å². The summed E-state index contributed by atoms with van der Waals surface area (Å²) in [6.07, 6.45) is 69.6. The van der Waals surface area contributed by atoms with Crippen LogP contribution in [0.2, 0.25) is 0 Å². The predicted molar refractivity (Wildman–Crippen MR) is 260 cm³/mol. The molecule has 0 aliphatic heterocycles. The summed E-state index contributed by atoms with van der Waals surface area (Å²) >= 11 is 0. The quantitative estimate of drug-likeness (QED) is 0.0203. The van der Waals surface area contributed by atoms with Crippen molar-refractivity contribution in [3.05, 3.63) is 158 Å². The zero-order chi connectivity index (χ0) is 44.4. The number of allylic oxidation sites excluding steroid dienone is 26. The van der Waals surface area contributed by atoms with Crippen molar-refractivity contribution >= 4 is 17.9 Å². The molecular formula is C55H80O6. The van der Waals surface area contributed by atoms with Crippen molar-refractivity contribution < 1.29 is 28.6 Å². The van der Waals surface area contributed by atoms with E-state index >= 15 is 0 Å². The maximum Gasteiger partial charge on any atom is 0.306 e. The average Bonchev–Trinajstić information content (AvgIpc) is 3.26. The summed E-state index contributed by atoms with van der Waals surface area (Å²) in [4.78, 5) is 37.8. The predicted octanol–water partition coefficient (Wildman–Crippen LogP) is 15.1. The van der Waals surface area contributed by atoms with E-state index in [1.165, 1.54) is 0 Å². The number of carbonyl (C=O) groups excluding carboxylic acids is 3. The summed E-state index contributed by atoms with van der Waals surface area (Å²) in [5, 5.41) is 0. The molecule has 0 spiro atoms. The Morgan fingerprint density at radius 1 is 0.344 bits per heavy atom. The number of esters is 3. The van der Waals surface area contributed by atoms with Gasteiger partial charge in [-0.3, -0.25) is 14.4 Å². The summed E-state index contributed by atoms with van der Waals surface area (Å²) in [5.41, 5.74) is 0.